The number of amides is 1. The van der Waals surface area contributed by atoms with Crippen LogP contribution in [0.1, 0.15) is 256 Å². The molecule has 3 heterocycles. The average Bonchev–Trinajstić information content (AvgIpc) is 3.88. The number of carbonyl (C=O) groups is 3. The van der Waals surface area contributed by atoms with Gasteiger partial charge in [-0.05, 0) is 108 Å². The standard InChI is InChI=1S/C60H100N6O4/c1-23-25-26-38(24-2)55(68)64-52-48(45(67)32-39-41(57(11,12)13)28-36(9)29-42(39)58(14,15)16)46(34(5)6)51(61-52)63-53-40(27-33(3)4)47(54-62-50(35(7)8)65-66(53)54)56(69)70-49-43(59(17,18)19)30-37(10)31-44(49)60(20,21)22/h33-39,41-44,49,61H,23-32H2,1-22H3,(H,64,68)/b63-53-. The summed E-state index contributed by atoms with van der Waals surface area (Å²) >= 11 is 0. The van der Waals surface area contributed by atoms with Crippen LogP contribution in [0.2, 0.25) is 0 Å². The maximum absolute atomic E-state index is 15.6. The predicted octanol–water partition coefficient (Wildman–Crippen LogP) is 16.0. The number of Topliss-reactive ketones (excluding diaryl/α,β-unsaturated/α-hetero) is 1. The first-order valence-electron chi connectivity index (χ1n) is 27.8. The molecule has 5 rings (SSSR count). The molecule has 5 unspecified atom stereocenters. The number of esters is 1. The Balaban J connectivity index is 1.78. The van der Waals surface area contributed by atoms with Gasteiger partial charge in [0.05, 0.1) is 5.56 Å². The van der Waals surface area contributed by atoms with Gasteiger partial charge in [-0.2, -0.15) is 4.68 Å². The Morgan fingerprint density at radius 2 is 1.29 bits per heavy atom. The molecule has 2 saturated carbocycles. The molecule has 0 bridgehead atoms. The van der Waals surface area contributed by atoms with E-state index in [1.54, 1.807) is 4.68 Å². The van der Waals surface area contributed by atoms with Crippen LogP contribution in [0.3, 0.4) is 0 Å². The van der Waals surface area contributed by atoms with Crippen LogP contribution in [0.5, 0.6) is 0 Å². The van der Waals surface area contributed by atoms with E-state index in [0.717, 1.165) is 56.1 Å². The molecule has 2 aromatic heterocycles. The number of carbonyl (C=O) groups excluding carboxylic acids is 3. The Morgan fingerprint density at radius 3 is 1.73 bits per heavy atom. The van der Waals surface area contributed by atoms with E-state index in [0.29, 0.717) is 83.2 Å². The molecule has 5 atom stereocenters. The molecule has 2 aromatic rings. The van der Waals surface area contributed by atoms with E-state index in [2.05, 4.69) is 163 Å². The molecule has 70 heavy (non-hydrogen) atoms. The smallest absolute Gasteiger partial charge is 0.342 e. The highest BCUT2D eigenvalue weighted by molar-refractivity contribution is 6.28. The van der Waals surface area contributed by atoms with Crippen molar-refractivity contribution in [2.24, 2.45) is 79.9 Å². The maximum atomic E-state index is 15.6. The fraction of sp³-hybridized carbons (Fsp3) is 0.800. The summed E-state index contributed by atoms with van der Waals surface area (Å²) in [6.45, 7) is 49.2. The second kappa shape index (κ2) is 21.9. The normalized spacial score (nSPS) is 25.9. The third kappa shape index (κ3) is 12.8. The lowest BCUT2D eigenvalue weighted by molar-refractivity contribution is -0.162. The minimum Gasteiger partial charge on any atom is -0.458 e. The Morgan fingerprint density at radius 1 is 0.771 bits per heavy atom. The minimum atomic E-state index is -0.381. The molecule has 1 amide bonds. The van der Waals surface area contributed by atoms with Gasteiger partial charge in [-0.25, -0.2) is 14.8 Å². The van der Waals surface area contributed by atoms with Gasteiger partial charge < -0.3 is 15.0 Å². The molecule has 2 fully saturated rings. The number of hydrogen-bond donors (Lipinski definition) is 2. The number of hydrogen-bond acceptors (Lipinski definition) is 7. The number of ether oxygens (including phenoxy) is 1. The highest BCUT2D eigenvalue weighted by atomic mass is 16.5. The molecule has 394 valence electrons. The van der Waals surface area contributed by atoms with Crippen LogP contribution in [0, 0.1) is 74.9 Å². The zero-order valence-electron chi connectivity index (χ0n) is 48.4. The monoisotopic (exact) mass is 969 g/mol. The molecule has 10 heteroatoms. The third-order valence-electron chi connectivity index (χ3n) is 16.6. The number of aliphatic imine (C=N–C) groups is 1. The molecule has 0 saturated heterocycles. The van der Waals surface area contributed by atoms with Crippen molar-refractivity contribution in [3.63, 3.8) is 0 Å². The minimum absolute atomic E-state index is 0.00546. The lowest BCUT2D eigenvalue weighted by Gasteiger charge is -2.51. The zero-order valence-corrected chi connectivity index (χ0v) is 48.4. The average molecular weight is 969 g/mol. The Labute approximate surface area is 426 Å². The fourth-order valence-corrected chi connectivity index (χ4v) is 12.8. The van der Waals surface area contributed by atoms with Gasteiger partial charge in [0.25, 0.3) is 0 Å². The number of H-pyrrole nitrogens is 1. The summed E-state index contributed by atoms with van der Waals surface area (Å²) in [7, 11) is 0. The molecular weight excluding hydrogens is 869 g/mol. The van der Waals surface area contributed by atoms with E-state index >= 15 is 9.59 Å². The molecule has 10 nitrogen and oxygen atoms in total. The third-order valence-corrected chi connectivity index (χ3v) is 16.6. The Kier molecular flexibility index (Phi) is 17.9. The summed E-state index contributed by atoms with van der Waals surface area (Å²) < 4.78 is 8.72. The van der Waals surface area contributed by atoms with Crippen molar-refractivity contribution in [2.75, 3.05) is 5.32 Å². The number of ketones is 1. The van der Waals surface area contributed by atoms with Crippen molar-refractivity contribution in [2.45, 2.75) is 234 Å². The van der Waals surface area contributed by atoms with Crippen molar-refractivity contribution in [1.82, 2.24) is 19.7 Å². The molecule has 2 N–H and O–H groups in total. The van der Waals surface area contributed by atoms with Crippen molar-refractivity contribution < 1.29 is 19.1 Å². The van der Waals surface area contributed by atoms with Crippen LogP contribution in [0.15, 0.2) is 10.6 Å². The van der Waals surface area contributed by atoms with Gasteiger partial charge in [-0.15, -0.1) is 5.10 Å². The molecule has 0 aromatic carbocycles. The zero-order chi connectivity index (χ0) is 52.7. The first kappa shape index (κ1) is 57.3. The van der Waals surface area contributed by atoms with Gasteiger partial charge in [0.2, 0.25) is 5.91 Å². The number of unbranched alkanes of at least 4 members (excludes halogenated alkanes) is 1. The Hall–Kier alpha value is -3.56. The number of aromatic nitrogens is 4. The number of anilines is 1. The van der Waals surface area contributed by atoms with E-state index in [9.17, 15) is 4.79 Å². The molecule has 0 radical (unpaired) electrons. The topological polar surface area (TPSA) is 131 Å². The van der Waals surface area contributed by atoms with E-state index < -0.39 is 0 Å². The van der Waals surface area contributed by atoms with Crippen molar-refractivity contribution in [1.29, 1.82) is 0 Å². The first-order chi connectivity index (χ1) is 32.2. The molecular formula is C60H100N6O4. The largest absolute Gasteiger partial charge is 0.458 e. The van der Waals surface area contributed by atoms with Crippen LogP contribution in [0.4, 0.5) is 11.6 Å². The van der Waals surface area contributed by atoms with Crippen LogP contribution < -0.4 is 5.32 Å². The van der Waals surface area contributed by atoms with Gasteiger partial charge in [0, 0.05) is 41.2 Å². The summed E-state index contributed by atoms with van der Waals surface area (Å²) in [6, 6.07) is 0. The number of nitrogens with one attached hydrogen (secondary N) is 2. The van der Waals surface area contributed by atoms with Crippen molar-refractivity contribution in [3.8, 4) is 0 Å². The van der Waals surface area contributed by atoms with Gasteiger partial charge >= 0.3 is 5.97 Å². The lowest BCUT2D eigenvalue weighted by atomic mass is 9.54. The van der Waals surface area contributed by atoms with E-state index in [1.165, 1.54) is 0 Å². The maximum Gasteiger partial charge on any atom is 0.342 e. The van der Waals surface area contributed by atoms with Crippen LogP contribution in [-0.2, 0) is 14.3 Å². The van der Waals surface area contributed by atoms with Gasteiger partial charge in [-0.1, -0.05) is 165 Å². The molecule has 0 spiro atoms. The van der Waals surface area contributed by atoms with Crippen molar-refractivity contribution in [3.05, 3.63) is 28.3 Å². The van der Waals surface area contributed by atoms with Gasteiger partial charge in [0.15, 0.2) is 23.3 Å². The van der Waals surface area contributed by atoms with Crippen LogP contribution in [0.25, 0.3) is 5.57 Å². The number of rotatable bonds is 16. The predicted molar refractivity (Wildman–Crippen MR) is 291 cm³/mol. The fourth-order valence-electron chi connectivity index (χ4n) is 12.8. The second-order valence-corrected chi connectivity index (χ2v) is 28.0. The summed E-state index contributed by atoms with van der Waals surface area (Å²) in [5, 5.41) is 8.40. The highest BCUT2D eigenvalue weighted by Crippen LogP contribution is 2.55. The highest BCUT2D eigenvalue weighted by Gasteiger charge is 2.50. The molecule has 3 aliphatic rings. The summed E-state index contributed by atoms with van der Waals surface area (Å²) in [5.41, 5.74) is 2.28. The molecule has 2 aliphatic carbocycles. The van der Waals surface area contributed by atoms with E-state index in [4.69, 9.17) is 19.8 Å². The summed E-state index contributed by atoms with van der Waals surface area (Å²) in [6.07, 6.45) is 8.18. The summed E-state index contributed by atoms with van der Waals surface area (Å²) in [4.78, 5) is 59.6. The number of allylic oxidation sites excluding steroid dienone is 1. The number of fused-ring (bicyclic) bond motifs is 1. The van der Waals surface area contributed by atoms with E-state index in [-0.39, 0.29) is 86.8 Å². The first-order valence-corrected chi connectivity index (χ1v) is 27.8. The Bertz CT molecular complexity index is 2180. The quantitative estimate of drug-likeness (QED) is 0.127. The number of nitrogens with zero attached hydrogens (tertiary/aromatic N) is 4. The van der Waals surface area contributed by atoms with Crippen LogP contribution in [-0.4, -0.2) is 49.3 Å². The lowest BCUT2D eigenvalue weighted by Crippen LogP contribution is -2.49. The second-order valence-electron chi connectivity index (χ2n) is 28.0. The van der Waals surface area contributed by atoms with Crippen molar-refractivity contribution >= 4 is 40.7 Å². The number of aromatic amines is 1. The van der Waals surface area contributed by atoms with Crippen LogP contribution >= 0.6 is 0 Å². The van der Waals surface area contributed by atoms with Gasteiger partial charge in [0.1, 0.15) is 23.3 Å². The SMILES string of the molecule is CCCCC(CC)C(=O)Nc1[nH]c(/N=C2/C(CC(C)C)=C(C(=O)OC3C(C(C)(C)C)CC(C)CC3C(C)(C)C)c3nc(C(C)C)nn32)c(C(C)C)c1C(=O)CC1C(C(C)(C)C)CC(C)CC1C(C)(C)C. The molecule has 1 aliphatic heterocycles. The summed E-state index contributed by atoms with van der Waals surface area (Å²) in [5.74, 6) is 4.09. The van der Waals surface area contributed by atoms with E-state index in [1.807, 2.05) is 0 Å². The van der Waals surface area contributed by atoms with Gasteiger partial charge in [-0.3, -0.25) is 9.59 Å².